The third-order valence-electron chi connectivity index (χ3n) is 5.07. The minimum Gasteiger partial charge on any atom is -0.425 e. The largest absolute Gasteiger partial charge is 0.425 e. The molecule has 2 aliphatic heterocycles. The zero-order valence-corrected chi connectivity index (χ0v) is 13.6. The second-order valence-corrected chi connectivity index (χ2v) is 6.36. The van der Waals surface area contributed by atoms with E-state index in [0.717, 1.165) is 44.0 Å². The number of hydrogen-bond acceptors (Lipinski definition) is 4. The maximum atomic E-state index is 13.0. The fourth-order valence-electron chi connectivity index (χ4n) is 3.73. The van der Waals surface area contributed by atoms with Crippen LogP contribution in [0.5, 0.6) is 5.75 Å². The van der Waals surface area contributed by atoms with Gasteiger partial charge in [-0.2, -0.15) is 0 Å². The maximum absolute atomic E-state index is 13.0. The molecule has 1 fully saturated rings. The number of hydrogen-bond donors (Lipinski definition) is 0. The second kappa shape index (κ2) is 6.38. The molecule has 0 aliphatic carbocycles. The van der Waals surface area contributed by atoms with Crippen molar-refractivity contribution in [2.24, 2.45) is 0 Å². The Morgan fingerprint density at radius 1 is 0.958 bits per heavy atom. The summed E-state index contributed by atoms with van der Waals surface area (Å²) in [4.78, 5) is 15.3. The molecular weight excluding hydrogens is 302 g/mol. The van der Waals surface area contributed by atoms with E-state index in [1.165, 1.54) is 0 Å². The minimum atomic E-state index is -0.712. The summed E-state index contributed by atoms with van der Waals surface area (Å²) in [7, 11) is 0. The Morgan fingerprint density at radius 2 is 1.67 bits per heavy atom. The number of carbonyl (C=O) groups excluding carboxylic acids is 1. The summed E-state index contributed by atoms with van der Waals surface area (Å²) < 4.78 is 11.1. The van der Waals surface area contributed by atoms with E-state index in [0.29, 0.717) is 12.2 Å². The third kappa shape index (κ3) is 2.52. The van der Waals surface area contributed by atoms with Crippen LogP contribution in [0, 0.1) is 0 Å². The van der Waals surface area contributed by atoms with Crippen molar-refractivity contribution >= 4 is 5.97 Å². The topological polar surface area (TPSA) is 38.8 Å². The summed E-state index contributed by atoms with van der Waals surface area (Å²) in [6.07, 6.45) is 0.715. The molecule has 4 rings (SSSR count). The number of nitrogens with zero attached hydrogens (tertiary/aromatic N) is 1. The number of morpholine rings is 1. The molecule has 2 aromatic rings. The van der Waals surface area contributed by atoms with Gasteiger partial charge in [0.05, 0.1) is 13.2 Å². The molecule has 0 N–H and O–H groups in total. The van der Waals surface area contributed by atoms with Gasteiger partial charge in [-0.15, -0.1) is 0 Å². The highest BCUT2D eigenvalue weighted by molar-refractivity contribution is 5.94. The van der Waals surface area contributed by atoms with Crippen LogP contribution in [0.1, 0.15) is 17.5 Å². The number of fused-ring (bicyclic) bond motifs is 1. The molecule has 1 unspecified atom stereocenters. The number of esters is 1. The predicted octanol–water partition coefficient (Wildman–Crippen LogP) is 2.61. The van der Waals surface area contributed by atoms with Crippen LogP contribution in [-0.2, 0) is 14.9 Å². The molecule has 1 atom stereocenters. The molecule has 0 bridgehead atoms. The molecule has 0 spiro atoms. The number of ether oxygens (including phenoxy) is 2. The predicted molar refractivity (Wildman–Crippen MR) is 91.2 cm³/mol. The van der Waals surface area contributed by atoms with Crippen LogP contribution in [0.15, 0.2) is 54.6 Å². The SMILES string of the molecule is O=C1Oc2ccccc2C1(CCN1CCOCC1)c1ccccc1. The Balaban J connectivity index is 1.72. The highest BCUT2D eigenvalue weighted by Crippen LogP contribution is 2.46. The van der Waals surface area contributed by atoms with Crippen molar-refractivity contribution in [2.75, 3.05) is 32.8 Å². The van der Waals surface area contributed by atoms with Gasteiger partial charge in [-0.1, -0.05) is 48.5 Å². The van der Waals surface area contributed by atoms with E-state index in [9.17, 15) is 4.79 Å². The van der Waals surface area contributed by atoms with Crippen molar-refractivity contribution in [1.29, 1.82) is 0 Å². The Bertz CT molecular complexity index is 725. The van der Waals surface area contributed by atoms with Crippen LogP contribution in [0.2, 0.25) is 0 Å². The van der Waals surface area contributed by atoms with Crippen molar-refractivity contribution in [2.45, 2.75) is 11.8 Å². The molecule has 4 nitrogen and oxygen atoms in total. The third-order valence-corrected chi connectivity index (χ3v) is 5.07. The Labute approximate surface area is 142 Å². The van der Waals surface area contributed by atoms with Crippen molar-refractivity contribution in [3.63, 3.8) is 0 Å². The van der Waals surface area contributed by atoms with Crippen LogP contribution in [0.3, 0.4) is 0 Å². The van der Waals surface area contributed by atoms with Gasteiger partial charge >= 0.3 is 5.97 Å². The van der Waals surface area contributed by atoms with Crippen LogP contribution in [0.4, 0.5) is 0 Å². The van der Waals surface area contributed by atoms with Crippen LogP contribution < -0.4 is 4.74 Å². The molecular formula is C20H21NO3. The van der Waals surface area contributed by atoms with Crippen molar-refractivity contribution in [3.8, 4) is 5.75 Å². The molecule has 2 heterocycles. The van der Waals surface area contributed by atoms with Gasteiger partial charge < -0.3 is 9.47 Å². The molecule has 2 aromatic carbocycles. The zero-order valence-electron chi connectivity index (χ0n) is 13.6. The Kier molecular flexibility index (Phi) is 4.08. The first kappa shape index (κ1) is 15.4. The lowest BCUT2D eigenvalue weighted by atomic mass is 9.73. The lowest BCUT2D eigenvalue weighted by Gasteiger charge is -2.32. The molecule has 0 amide bonds. The normalized spacial score (nSPS) is 23.8. The fourth-order valence-corrected chi connectivity index (χ4v) is 3.73. The second-order valence-electron chi connectivity index (χ2n) is 6.36. The molecule has 124 valence electrons. The van der Waals surface area contributed by atoms with Gasteiger partial charge in [-0.05, 0) is 18.1 Å². The minimum absolute atomic E-state index is 0.164. The molecule has 0 aromatic heterocycles. The summed E-state index contributed by atoms with van der Waals surface area (Å²) in [6.45, 7) is 4.21. The first-order chi connectivity index (χ1) is 11.8. The molecule has 0 radical (unpaired) electrons. The van der Waals surface area contributed by atoms with Gasteiger partial charge in [0, 0.05) is 25.2 Å². The van der Waals surface area contributed by atoms with Crippen molar-refractivity contribution in [3.05, 3.63) is 65.7 Å². The monoisotopic (exact) mass is 323 g/mol. The lowest BCUT2D eigenvalue weighted by molar-refractivity contribution is -0.137. The fraction of sp³-hybridized carbons (Fsp3) is 0.350. The van der Waals surface area contributed by atoms with Gasteiger partial charge in [0.1, 0.15) is 11.2 Å². The number of carbonyl (C=O) groups is 1. The standard InChI is InChI=1S/C20H21NO3/c22-19-20(16-6-2-1-3-7-16,10-11-21-12-14-23-15-13-21)17-8-4-5-9-18(17)24-19/h1-9H,10-15H2. The highest BCUT2D eigenvalue weighted by atomic mass is 16.5. The van der Waals surface area contributed by atoms with Crippen LogP contribution in [-0.4, -0.2) is 43.7 Å². The molecule has 4 heteroatoms. The molecule has 24 heavy (non-hydrogen) atoms. The summed E-state index contributed by atoms with van der Waals surface area (Å²) in [5.41, 5.74) is 1.28. The van der Waals surface area contributed by atoms with E-state index < -0.39 is 5.41 Å². The van der Waals surface area contributed by atoms with Gasteiger partial charge in [0.2, 0.25) is 0 Å². The maximum Gasteiger partial charge on any atom is 0.326 e. The number of para-hydroxylation sites is 1. The van der Waals surface area contributed by atoms with Crippen LogP contribution in [0.25, 0.3) is 0 Å². The Morgan fingerprint density at radius 3 is 2.46 bits per heavy atom. The smallest absolute Gasteiger partial charge is 0.326 e. The van der Waals surface area contributed by atoms with Gasteiger partial charge in [0.15, 0.2) is 0 Å². The van der Waals surface area contributed by atoms with Crippen molar-refractivity contribution in [1.82, 2.24) is 4.90 Å². The van der Waals surface area contributed by atoms with Crippen molar-refractivity contribution < 1.29 is 14.3 Å². The summed E-state index contributed by atoms with van der Waals surface area (Å²) in [6, 6.07) is 17.8. The molecule has 2 aliphatic rings. The summed E-state index contributed by atoms with van der Waals surface area (Å²) in [5.74, 6) is 0.525. The van der Waals surface area contributed by atoms with Gasteiger partial charge in [-0.3, -0.25) is 9.69 Å². The van der Waals surface area contributed by atoms with E-state index in [-0.39, 0.29) is 5.97 Å². The zero-order chi connectivity index (χ0) is 16.4. The first-order valence-electron chi connectivity index (χ1n) is 8.48. The molecule has 1 saturated heterocycles. The number of benzene rings is 2. The lowest BCUT2D eigenvalue weighted by Crippen LogP contribution is -2.42. The van der Waals surface area contributed by atoms with E-state index >= 15 is 0 Å². The van der Waals surface area contributed by atoms with E-state index in [1.807, 2.05) is 54.6 Å². The average Bonchev–Trinajstić information content (AvgIpc) is 2.94. The average molecular weight is 323 g/mol. The number of rotatable bonds is 4. The quantitative estimate of drug-likeness (QED) is 0.640. The van der Waals surface area contributed by atoms with E-state index in [4.69, 9.17) is 9.47 Å². The first-order valence-corrected chi connectivity index (χ1v) is 8.48. The van der Waals surface area contributed by atoms with Crippen LogP contribution >= 0.6 is 0 Å². The van der Waals surface area contributed by atoms with E-state index in [1.54, 1.807) is 0 Å². The van der Waals surface area contributed by atoms with Gasteiger partial charge in [0.25, 0.3) is 0 Å². The summed E-state index contributed by atoms with van der Waals surface area (Å²) >= 11 is 0. The highest BCUT2D eigenvalue weighted by Gasteiger charge is 2.50. The van der Waals surface area contributed by atoms with E-state index in [2.05, 4.69) is 4.90 Å². The van der Waals surface area contributed by atoms with Gasteiger partial charge in [-0.25, -0.2) is 0 Å². The summed E-state index contributed by atoms with van der Waals surface area (Å²) in [5, 5.41) is 0. The molecule has 0 saturated carbocycles. The Hall–Kier alpha value is -2.17.